The molecular formula is C11H17N5O. The van der Waals surface area contributed by atoms with E-state index in [1.807, 2.05) is 43.3 Å². The van der Waals surface area contributed by atoms with Gasteiger partial charge in [-0.1, -0.05) is 12.1 Å². The minimum absolute atomic E-state index is 0.207. The number of hydrogen-bond acceptors (Lipinski definition) is 3. The predicted octanol–water partition coefficient (Wildman–Crippen LogP) is 0.527. The molecule has 2 amide bonds. The van der Waals surface area contributed by atoms with E-state index >= 15 is 0 Å². The number of rotatable bonds is 3. The van der Waals surface area contributed by atoms with E-state index in [0.29, 0.717) is 0 Å². The minimum atomic E-state index is -0.728. The first kappa shape index (κ1) is 12.8. The zero-order valence-electron chi connectivity index (χ0n) is 9.97. The first-order valence-electron chi connectivity index (χ1n) is 5.09. The molecule has 1 rings (SSSR count). The van der Waals surface area contributed by atoms with Crippen LogP contribution in [-0.2, 0) is 6.54 Å². The lowest BCUT2D eigenvalue weighted by atomic mass is 10.2. The van der Waals surface area contributed by atoms with Crippen LogP contribution in [0, 0.1) is 5.41 Å². The van der Waals surface area contributed by atoms with Crippen LogP contribution in [0.1, 0.15) is 5.56 Å². The molecule has 6 nitrogen and oxygen atoms in total. The zero-order valence-corrected chi connectivity index (χ0v) is 9.97. The van der Waals surface area contributed by atoms with Crippen molar-refractivity contribution in [2.24, 2.45) is 11.5 Å². The fourth-order valence-corrected chi connectivity index (χ4v) is 1.36. The van der Waals surface area contributed by atoms with Crippen LogP contribution in [0.2, 0.25) is 0 Å². The highest BCUT2D eigenvalue weighted by molar-refractivity contribution is 5.92. The predicted molar refractivity (Wildman–Crippen MR) is 67.8 cm³/mol. The normalized spacial score (nSPS) is 9.76. The standard InChI is InChI=1S/C11H17N5O/c1-15(2)9-5-3-8(4-6-9)7-16(10(12)13)11(14)17/h3-6H,7H2,1-2H3,(H3,12,13)(H2,14,17). The van der Waals surface area contributed by atoms with E-state index < -0.39 is 6.03 Å². The Balaban J connectivity index is 2.80. The molecule has 0 aromatic heterocycles. The SMILES string of the molecule is CN(C)c1ccc(CN(C(=N)N)C(N)=O)cc1. The van der Waals surface area contributed by atoms with E-state index in [4.69, 9.17) is 16.9 Å². The van der Waals surface area contributed by atoms with E-state index in [1.54, 1.807) is 0 Å². The van der Waals surface area contributed by atoms with Crippen molar-refractivity contribution in [3.63, 3.8) is 0 Å². The summed E-state index contributed by atoms with van der Waals surface area (Å²) in [6.07, 6.45) is 0. The van der Waals surface area contributed by atoms with Crippen molar-refractivity contribution in [2.75, 3.05) is 19.0 Å². The van der Waals surface area contributed by atoms with Crippen molar-refractivity contribution >= 4 is 17.7 Å². The first-order chi connectivity index (χ1) is 7.91. The van der Waals surface area contributed by atoms with Gasteiger partial charge < -0.3 is 16.4 Å². The number of guanidine groups is 1. The van der Waals surface area contributed by atoms with Crippen LogP contribution in [0.3, 0.4) is 0 Å². The Bertz CT molecular complexity index is 398. The summed E-state index contributed by atoms with van der Waals surface area (Å²) in [5.41, 5.74) is 12.3. The topological polar surface area (TPSA) is 99.4 Å². The molecule has 0 saturated heterocycles. The monoisotopic (exact) mass is 235 g/mol. The summed E-state index contributed by atoms with van der Waals surface area (Å²) in [7, 11) is 3.89. The Hall–Kier alpha value is -2.24. The van der Waals surface area contributed by atoms with Crippen molar-refractivity contribution in [3.8, 4) is 0 Å². The lowest BCUT2D eigenvalue weighted by Gasteiger charge is -2.18. The van der Waals surface area contributed by atoms with Crippen molar-refractivity contribution in [1.82, 2.24) is 4.90 Å². The fourth-order valence-electron chi connectivity index (χ4n) is 1.36. The first-order valence-corrected chi connectivity index (χ1v) is 5.09. The largest absolute Gasteiger partial charge is 0.378 e. The number of nitrogens with zero attached hydrogens (tertiary/aromatic N) is 2. The summed E-state index contributed by atoms with van der Waals surface area (Å²) < 4.78 is 0. The summed E-state index contributed by atoms with van der Waals surface area (Å²) in [6, 6.07) is 6.86. The van der Waals surface area contributed by atoms with Gasteiger partial charge in [-0.25, -0.2) is 4.79 Å². The highest BCUT2D eigenvalue weighted by Gasteiger charge is 2.12. The molecule has 0 atom stereocenters. The maximum absolute atomic E-state index is 11.0. The van der Waals surface area contributed by atoms with Gasteiger partial charge in [-0.05, 0) is 17.7 Å². The summed E-state index contributed by atoms with van der Waals surface area (Å²) >= 11 is 0. The number of nitrogens with one attached hydrogen (secondary N) is 1. The van der Waals surface area contributed by atoms with Crippen LogP contribution < -0.4 is 16.4 Å². The van der Waals surface area contributed by atoms with E-state index in [-0.39, 0.29) is 12.5 Å². The van der Waals surface area contributed by atoms with Crippen LogP contribution in [-0.4, -0.2) is 31.0 Å². The van der Waals surface area contributed by atoms with Crippen molar-refractivity contribution in [1.29, 1.82) is 5.41 Å². The molecular weight excluding hydrogens is 218 g/mol. The quantitative estimate of drug-likeness (QED) is 0.526. The van der Waals surface area contributed by atoms with Crippen molar-refractivity contribution in [3.05, 3.63) is 29.8 Å². The van der Waals surface area contributed by atoms with Gasteiger partial charge in [0.2, 0.25) is 0 Å². The maximum atomic E-state index is 11.0. The second-order valence-electron chi connectivity index (χ2n) is 3.87. The van der Waals surface area contributed by atoms with Crippen molar-refractivity contribution in [2.45, 2.75) is 6.54 Å². The molecule has 0 bridgehead atoms. The number of amides is 2. The van der Waals surface area contributed by atoms with Crippen LogP contribution in [0.15, 0.2) is 24.3 Å². The summed E-state index contributed by atoms with van der Waals surface area (Å²) in [4.78, 5) is 14.0. The highest BCUT2D eigenvalue weighted by Crippen LogP contribution is 2.13. The lowest BCUT2D eigenvalue weighted by Crippen LogP contribution is -2.43. The molecule has 1 aromatic carbocycles. The number of urea groups is 1. The molecule has 1 aromatic rings. The average molecular weight is 235 g/mol. The number of benzene rings is 1. The third-order valence-electron chi connectivity index (χ3n) is 2.35. The minimum Gasteiger partial charge on any atom is -0.378 e. The Morgan fingerprint density at radius 3 is 2.12 bits per heavy atom. The molecule has 0 fully saturated rings. The van der Waals surface area contributed by atoms with Gasteiger partial charge in [0.1, 0.15) is 0 Å². The van der Waals surface area contributed by atoms with Gasteiger partial charge in [-0.15, -0.1) is 0 Å². The number of carbonyl (C=O) groups excluding carboxylic acids is 1. The second-order valence-corrected chi connectivity index (χ2v) is 3.87. The van der Waals surface area contributed by atoms with Crippen LogP contribution in [0.25, 0.3) is 0 Å². The molecule has 5 N–H and O–H groups in total. The molecule has 92 valence electrons. The molecule has 6 heteroatoms. The van der Waals surface area contributed by atoms with E-state index in [2.05, 4.69) is 0 Å². The fraction of sp³-hybridized carbons (Fsp3) is 0.273. The molecule has 0 heterocycles. The molecule has 0 aliphatic rings. The average Bonchev–Trinajstić information content (AvgIpc) is 2.25. The molecule has 0 radical (unpaired) electrons. The number of anilines is 1. The van der Waals surface area contributed by atoms with Crippen LogP contribution >= 0.6 is 0 Å². The van der Waals surface area contributed by atoms with Gasteiger partial charge in [0, 0.05) is 19.8 Å². The third-order valence-corrected chi connectivity index (χ3v) is 2.35. The molecule has 0 saturated carbocycles. The number of nitrogens with two attached hydrogens (primary N) is 2. The molecule has 17 heavy (non-hydrogen) atoms. The van der Waals surface area contributed by atoms with Crippen LogP contribution in [0.5, 0.6) is 0 Å². The van der Waals surface area contributed by atoms with E-state index in [9.17, 15) is 4.79 Å². The molecule has 0 spiro atoms. The van der Waals surface area contributed by atoms with Gasteiger partial charge in [0.25, 0.3) is 0 Å². The zero-order chi connectivity index (χ0) is 13.0. The van der Waals surface area contributed by atoms with Gasteiger partial charge in [0.05, 0.1) is 6.54 Å². The number of hydrogen-bond donors (Lipinski definition) is 3. The molecule has 0 unspecified atom stereocenters. The van der Waals surface area contributed by atoms with E-state index in [0.717, 1.165) is 16.2 Å². The van der Waals surface area contributed by atoms with Gasteiger partial charge in [-0.3, -0.25) is 10.3 Å². The summed E-state index contributed by atoms with van der Waals surface area (Å²) in [5.74, 6) is -0.353. The molecule has 0 aliphatic carbocycles. The summed E-state index contributed by atoms with van der Waals surface area (Å²) in [5, 5.41) is 7.24. The van der Waals surface area contributed by atoms with Gasteiger partial charge in [0.15, 0.2) is 5.96 Å². The molecule has 0 aliphatic heterocycles. The second kappa shape index (κ2) is 5.20. The van der Waals surface area contributed by atoms with Crippen LogP contribution in [0.4, 0.5) is 10.5 Å². The lowest BCUT2D eigenvalue weighted by molar-refractivity contribution is 0.228. The Labute approximate surface area is 100 Å². The van der Waals surface area contributed by atoms with Gasteiger partial charge in [-0.2, -0.15) is 0 Å². The maximum Gasteiger partial charge on any atom is 0.321 e. The van der Waals surface area contributed by atoms with Gasteiger partial charge >= 0.3 is 6.03 Å². The Kier molecular flexibility index (Phi) is 3.92. The highest BCUT2D eigenvalue weighted by atomic mass is 16.2. The smallest absolute Gasteiger partial charge is 0.321 e. The Morgan fingerprint density at radius 1 is 1.24 bits per heavy atom. The van der Waals surface area contributed by atoms with Crippen molar-refractivity contribution < 1.29 is 4.79 Å². The number of primary amides is 1. The Morgan fingerprint density at radius 2 is 1.76 bits per heavy atom. The van der Waals surface area contributed by atoms with E-state index in [1.165, 1.54) is 0 Å². The number of carbonyl (C=O) groups is 1. The third kappa shape index (κ3) is 3.37. The summed E-state index contributed by atoms with van der Waals surface area (Å²) in [6.45, 7) is 0.207.